The second-order valence-corrected chi connectivity index (χ2v) is 6.02. The Balaban J connectivity index is 2.04. The molecule has 25 heavy (non-hydrogen) atoms. The first kappa shape index (κ1) is 18.6. The van der Waals surface area contributed by atoms with Gasteiger partial charge in [-0.3, -0.25) is 0 Å². The predicted molar refractivity (Wildman–Crippen MR) is 104 cm³/mol. The Morgan fingerprint density at radius 3 is 2.64 bits per heavy atom. The van der Waals surface area contributed by atoms with Gasteiger partial charge in [-0.05, 0) is 48.2 Å². The van der Waals surface area contributed by atoms with Crippen molar-refractivity contribution >= 4 is 11.6 Å². The third-order valence-corrected chi connectivity index (χ3v) is 3.79. The molecule has 0 saturated heterocycles. The number of benzene rings is 2. The molecule has 0 heterocycles. The van der Waals surface area contributed by atoms with Crippen molar-refractivity contribution in [3.8, 4) is 11.5 Å². The molecule has 0 aliphatic rings. The van der Waals surface area contributed by atoms with Gasteiger partial charge in [0.25, 0.3) is 0 Å². The topological polar surface area (TPSA) is 68.9 Å². The van der Waals surface area contributed by atoms with Gasteiger partial charge < -0.3 is 20.5 Å². The number of hydrogen-bond acceptors (Lipinski definition) is 3. The first-order valence-corrected chi connectivity index (χ1v) is 8.50. The van der Waals surface area contributed by atoms with Gasteiger partial charge in [-0.1, -0.05) is 32.0 Å². The number of nitrogens with zero attached hydrogens (tertiary/aromatic N) is 1. The molecule has 2 rings (SSSR count). The predicted octanol–water partition coefficient (Wildman–Crippen LogP) is 4.14. The van der Waals surface area contributed by atoms with Gasteiger partial charge in [-0.25, -0.2) is 4.99 Å². The van der Waals surface area contributed by atoms with Gasteiger partial charge >= 0.3 is 0 Å². The molecule has 0 aliphatic heterocycles. The van der Waals surface area contributed by atoms with Crippen molar-refractivity contribution < 1.29 is 9.47 Å². The summed E-state index contributed by atoms with van der Waals surface area (Å²) in [7, 11) is 1.63. The third kappa shape index (κ3) is 5.41. The van der Waals surface area contributed by atoms with Crippen LogP contribution >= 0.6 is 0 Å². The molecule has 0 aliphatic carbocycles. The SMILES string of the molecule is CCOc1ccc(CN=C(N)Nc2cccc(C(C)C)c2)cc1OC. The van der Waals surface area contributed by atoms with Crippen LogP contribution in [0.2, 0.25) is 0 Å². The van der Waals surface area contributed by atoms with E-state index in [1.807, 2.05) is 37.3 Å². The fourth-order valence-corrected chi connectivity index (χ4v) is 2.42. The fourth-order valence-electron chi connectivity index (χ4n) is 2.42. The Bertz CT molecular complexity index is 727. The van der Waals surface area contributed by atoms with E-state index in [4.69, 9.17) is 15.2 Å². The first-order chi connectivity index (χ1) is 12.0. The molecular weight excluding hydrogens is 314 g/mol. The number of rotatable bonds is 7. The van der Waals surface area contributed by atoms with Crippen LogP contribution in [-0.4, -0.2) is 19.7 Å². The number of guanidine groups is 1. The van der Waals surface area contributed by atoms with Gasteiger partial charge in [0.1, 0.15) is 0 Å². The van der Waals surface area contributed by atoms with Crippen LogP contribution in [0.25, 0.3) is 0 Å². The molecule has 0 unspecified atom stereocenters. The molecule has 5 heteroatoms. The zero-order valence-electron chi connectivity index (χ0n) is 15.4. The summed E-state index contributed by atoms with van der Waals surface area (Å²) >= 11 is 0. The van der Waals surface area contributed by atoms with Crippen LogP contribution < -0.4 is 20.5 Å². The minimum atomic E-state index is 0.383. The molecule has 134 valence electrons. The molecule has 5 nitrogen and oxygen atoms in total. The number of aliphatic imine (C=N–C) groups is 1. The first-order valence-electron chi connectivity index (χ1n) is 8.50. The Morgan fingerprint density at radius 1 is 1.16 bits per heavy atom. The van der Waals surface area contributed by atoms with Gasteiger partial charge in [0.05, 0.1) is 20.3 Å². The fraction of sp³-hybridized carbons (Fsp3) is 0.350. The van der Waals surface area contributed by atoms with Crippen molar-refractivity contribution in [3.05, 3.63) is 53.6 Å². The van der Waals surface area contributed by atoms with Gasteiger partial charge in [0.2, 0.25) is 0 Å². The summed E-state index contributed by atoms with van der Waals surface area (Å²) < 4.78 is 10.9. The second-order valence-electron chi connectivity index (χ2n) is 6.02. The highest BCUT2D eigenvalue weighted by Crippen LogP contribution is 2.28. The zero-order valence-corrected chi connectivity index (χ0v) is 15.4. The highest BCUT2D eigenvalue weighted by molar-refractivity contribution is 5.92. The van der Waals surface area contributed by atoms with Crippen LogP contribution in [0.1, 0.15) is 37.8 Å². The molecule has 0 atom stereocenters. The smallest absolute Gasteiger partial charge is 0.193 e. The molecule has 0 bridgehead atoms. The van der Waals surface area contributed by atoms with E-state index >= 15 is 0 Å². The minimum Gasteiger partial charge on any atom is -0.493 e. The van der Waals surface area contributed by atoms with Crippen LogP contribution in [0.4, 0.5) is 5.69 Å². The molecular formula is C20H27N3O2. The van der Waals surface area contributed by atoms with Crippen LogP contribution in [0.15, 0.2) is 47.5 Å². The maximum atomic E-state index is 6.01. The van der Waals surface area contributed by atoms with E-state index in [0.717, 1.165) is 17.0 Å². The molecule has 0 amide bonds. The van der Waals surface area contributed by atoms with E-state index in [-0.39, 0.29) is 0 Å². The lowest BCUT2D eigenvalue weighted by molar-refractivity contribution is 0.310. The molecule has 3 N–H and O–H groups in total. The number of nitrogens with two attached hydrogens (primary N) is 1. The van der Waals surface area contributed by atoms with E-state index < -0.39 is 0 Å². The average molecular weight is 341 g/mol. The third-order valence-electron chi connectivity index (χ3n) is 3.79. The standard InChI is InChI=1S/C20H27N3O2/c1-5-25-18-10-9-15(11-19(18)24-4)13-22-20(21)23-17-8-6-7-16(12-17)14(2)3/h6-12,14H,5,13H2,1-4H3,(H3,21,22,23). The Morgan fingerprint density at radius 2 is 1.96 bits per heavy atom. The number of ether oxygens (including phenoxy) is 2. The summed E-state index contributed by atoms with van der Waals surface area (Å²) in [6, 6.07) is 14.0. The number of nitrogens with one attached hydrogen (secondary N) is 1. The normalized spacial score (nSPS) is 11.5. The minimum absolute atomic E-state index is 0.383. The maximum absolute atomic E-state index is 6.01. The highest BCUT2D eigenvalue weighted by atomic mass is 16.5. The van der Waals surface area contributed by atoms with E-state index in [1.165, 1.54) is 5.56 Å². The van der Waals surface area contributed by atoms with Gasteiger partial charge in [-0.2, -0.15) is 0 Å². The molecule has 0 spiro atoms. The summed E-state index contributed by atoms with van der Waals surface area (Å²) in [5.74, 6) is 2.28. The molecule has 0 fully saturated rings. The van der Waals surface area contributed by atoms with Crippen LogP contribution in [0.5, 0.6) is 11.5 Å². The molecule has 0 aromatic heterocycles. The molecule has 0 saturated carbocycles. The monoisotopic (exact) mass is 341 g/mol. The van der Waals surface area contributed by atoms with Crippen molar-refractivity contribution in [2.45, 2.75) is 33.2 Å². The van der Waals surface area contributed by atoms with E-state index in [1.54, 1.807) is 7.11 Å². The number of methoxy groups -OCH3 is 1. The molecule has 2 aromatic rings. The second kappa shape index (κ2) is 8.97. The van der Waals surface area contributed by atoms with E-state index in [2.05, 4.69) is 36.3 Å². The van der Waals surface area contributed by atoms with Crippen LogP contribution in [0.3, 0.4) is 0 Å². The number of hydrogen-bond donors (Lipinski definition) is 2. The lowest BCUT2D eigenvalue weighted by Gasteiger charge is -2.11. The van der Waals surface area contributed by atoms with Gasteiger partial charge in [-0.15, -0.1) is 0 Å². The lowest BCUT2D eigenvalue weighted by Crippen LogP contribution is -2.22. The van der Waals surface area contributed by atoms with Crippen LogP contribution in [0, 0.1) is 0 Å². The van der Waals surface area contributed by atoms with Crippen molar-refractivity contribution in [2.75, 3.05) is 19.0 Å². The average Bonchev–Trinajstić information content (AvgIpc) is 2.61. The summed E-state index contributed by atoms with van der Waals surface area (Å²) in [5, 5.41) is 3.14. The van der Waals surface area contributed by atoms with Crippen molar-refractivity contribution in [2.24, 2.45) is 10.7 Å². The summed E-state index contributed by atoms with van der Waals surface area (Å²) in [6.45, 7) is 7.33. The van der Waals surface area contributed by atoms with E-state index in [9.17, 15) is 0 Å². The molecule has 2 aromatic carbocycles. The van der Waals surface area contributed by atoms with Gasteiger partial charge in [0.15, 0.2) is 17.5 Å². The van der Waals surface area contributed by atoms with E-state index in [0.29, 0.717) is 30.8 Å². The Kier molecular flexibility index (Phi) is 6.69. The van der Waals surface area contributed by atoms with Crippen molar-refractivity contribution in [1.82, 2.24) is 0 Å². The largest absolute Gasteiger partial charge is 0.493 e. The van der Waals surface area contributed by atoms with Crippen molar-refractivity contribution in [3.63, 3.8) is 0 Å². The maximum Gasteiger partial charge on any atom is 0.193 e. The quantitative estimate of drug-likeness (QED) is 0.586. The Labute approximate surface area is 149 Å². The van der Waals surface area contributed by atoms with Crippen LogP contribution in [-0.2, 0) is 6.54 Å². The van der Waals surface area contributed by atoms with Crippen molar-refractivity contribution in [1.29, 1.82) is 0 Å². The summed E-state index contributed by atoms with van der Waals surface area (Å²) in [4.78, 5) is 4.40. The molecule has 0 radical (unpaired) electrons. The Hall–Kier alpha value is -2.69. The summed E-state index contributed by atoms with van der Waals surface area (Å²) in [6.07, 6.45) is 0. The number of anilines is 1. The lowest BCUT2D eigenvalue weighted by atomic mass is 10.0. The summed E-state index contributed by atoms with van der Waals surface area (Å²) in [5.41, 5.74) is 9.21. The highest BCUT2D eigenvalue weighted by Gasteiger charge is 2.05. The zero-order chi connectivity index (χ0) is 18.2. The van der Waals surface area contributed by atoms with Gasteiger partial charge in [0, 0.05) is 5.69 Å².